The van der Waals surface area contributed by atoms with Gasteiger partial charge in [-0.2, -0.15) is 0 Å². The van der Waals surface area contributed by atoms with Crippen LogP contribution in [0.15, 0.2) is 54.6 Å². The van der Waals surface area contributed by atoms with Crippen molar-refractivity contribution in [1.82, 2.24) is 9.80 Å². The number of carbonyl (C=O) groups is 2. The minimum absolute atomic E-state index is 0.0426. The van der Waals surface area contributed by atoms with E-state index in [2.05, 4.69) is 0 Å². The Morgan fingerprint density at radius 3 is 2.17 bits per heavy atom. The molecule has 2 amide bonds. The van der Waals surface area contributed by atoms with Crippen molar-refractivity contribution in [3.63, 3.8) is 0 Å². The first-order chi connectivity index (χ1) is 14.1. The maximum absolute atomic E-state index is 13.6. The molecular weight excluding hydrogens is 367 g/mol. The van der Waals surface area contributed by atoms with Gasteiger partial charge in [0, 0.05) is 12.6 Å². The van der Waals surface area contributed by atoms with Crippen LogP contribution in [0.5, 0.6) is 0 Å². The molecule has 1 aliphatic heterocycles. The quantitative estimate of drug-likeness (QED) is 0.719. The van der Waals surface area contributed by atoms with Gasteiger partial charge in [-0.1, -0.05) is 68.1 Å². The highest BCUT2D eigenvalue weighted by Gasteiger charge is 2.42. The van der Waals surface area contributed by atoms with E-state index in [1.807, 2.05) is 30.3 Å². The lowest BCUT2D eigenvalue weighted by molar-refractivity contribution is -0.159. The van der Waals surface area contributed by atoms with Crippen LogP contribution in [-0.2, 0) is 16.1 Å². The van der Waals surface area contributed by atoms with Crippen LogP contribution in [0, 0.1) is 5.82 Å². The number of amides is 2. The van der Waals surface area contributed by atoms with E-state index in [0.29, 0.717) is 12.1 Å². The van der Waals surface area contributed by atoms with Gasteiger partial charge in [0.25, 0.3) is 5.91 Å². The zero-order valence-corrected chi connectivity index (χ0v) is 16.6. The van der Waals surface area contributed by atoms with Gasteiger partial charge in [0.2, 0.25) is 5.91 Å². The molecule has 2 fully saturated rings. The van der Waals surface area contributed by atoms with Crippen molar-refractivity contribution in [3.8, 4) is 0 Å². The lowest BCUT2D eigenvalue weighted by atomic mass is 9.97. The van der Waals surface area contributed by atoms with Gasteiger partial charge in [0.05, 0.1) is 0 Å². The molecule has 1 aliphatic carbocycles. The number of benzene rings is 2. The summed E-state index contributed by atoms with van der Waals surface area (Å²) in [6, 6.07) is 15.1. The van der Waals surface area contributed by atoms with E-state index < -0.39 is 6.04 Å². The summed E-state index contributed by atoms with van der Waals surface area (Å²) < 4.78 is 13.5. The Hall–Kier alpha value is -2.69. The fourth-order valence-corrected chi connectivity index (χ4v) is 4.55. The van der Waals surface area contributed by atoms with Crippen molar-refractivity contribution in [2.45, 2.75) is 57.2 Å². The van der Waals surface area contributed by atoms with Crippen LogP contribution in [0.2, 0.25) is 0 Å². The molecule has 2 aromatic rings. The lowest BCUT2D eigenvalue weighted by Crippen LogP contribution is -2.57. The Bertz CT molecular complexity index is 845. The average Bonchev–Trinajstić information content (AvgIpc) is 3.02. The van der Waals surface area contributed by atoms with Crippen LogP contribution in [0.4, 0.5) is 4.39 Å². The molecular formula is C24H27FN2O2. The van der Waals surface area contributed by atoms with Crippen molar-refractivity contribution in [2.24, 2.45) is 0 Å². The zero-order chi connectivity index (χ0) is 20.2. The molecule has 0 bridgehead atoms. The van der Waals surface area contributed by atoms with Gasteiger partial charge in [-0.05, 0) is 36.1 Å². The predicted molar refractivity (Wildman–Crippen MR) is 109 cm³/mol. The molecule has 1 atom stereocenters. The number of carbonyl (C=O) groups excluding carboxylic acids is 2. The molecule has 4 rings (SSSR count). The van der Waals surface area contributed by atoms with E-state index in [0.717, 1.165) is 31.2 Å². The maximum atomic E-state index is 13.6. The molecule has 29 heavy (non-hydrogen) atoms. The Morgan fingerprint density at radius 1 is 0.862 bits per heavy atom. The molecule has 4 nitrogen and oxygen atoms in total. The van der Waals surface area contributed by atoms with E-state index in [-0.39, 0.29) is 30.2 Å². The minimum atomic E-state index is -0.708. The van der Waals surface area contributed by atoms with E-state index in [1.54, 1.807) is 21.9 Å². The standard InChI is InChI=1S/C24H27FN2O2/c25-20-14-12-19(13-15-20)23-24(29)26(21-10-6-1-2-7-11-21)17-22(28)27(23)16-18-8-4-3-5-9-18/h3-5,8-9,12-15,21,23H,1-2,6-7,10-11,16-17H2. The molecule has 2 aliphatic rings. The third-order valence-electron chi connectivity index (χ3n) is 6.10. The van der Waals surface area contributed by atoms with E-state index >= 15 is 0 Å². The summed E-state index contributed by atoms with van der Waals surface area (Å²) in [5, 5.41) is 0. The number of nitrogens with zero attached hydrogens (tertiary/aromatic N) is 2. The molecule has 1 saturated carbocycles. The summed E-state index contributed by atoms with van der Waals surface area (Å²) in [6.45, 7) is 0.500. The molecule has 1 unspecified atom stereocenters. The van der Waals surface area contributed by atoms with E-state index in [9.17, 15) is 14.0 Å². The molecule has 1 saturated heterocycles. The summed E-state index contributed by atoms with van der Waals surface area (Å²) in [4.78, 5) is 30.2. The van der Waals surface area contributed by atoms with Gasteiger partial charge in [0.1, 0.15) is 18.4 Å². The van der Waals surface area contributed by atoms with Crippen LogP contribution < -0.4 is 0 Å². The Morgan fingerprint density at radius 2 is 1.52 bits per heavy atom. The maximum Gasteiger partial charge on any atom is 0.250 e. The fraction of sp³-hybridized carbons (Fsp3) is 0.417. The van der Waals surface area contributed by atoms with Crippen molar-refractivity contribution in [2.75, 3.05) is 6.54 Å². The first kappa shape index (κ1) is 19.6. The lowest BCUT2D eigenvalue weighted by Gasteiger charge is -2.43. The van der Waals surface area contributed by atoms with Gasteiger partial charge in [-0.15, -0.1) is 0 Å². The largest absolute Gasteiger partial charge is 0.328 e. The van der Waals surface area contributed by atoms with Gasteiger partial charge >= 0.3 is 0 Å². The Kier molecular flexibility index (Phi) is 5.93. The molecule has 2 aromatic carbocycles. The first-order valence-electron chi connectivity index (χ1n) is 10.5. The summed E-state index contributed by atoms with van der Waals surface area (Å²) in [6.07, 6.45) is 6.47. The average molecular weight is 394 g/mol. The number of piperazine rings is 1. The van der Waals surface area contributed by atoms with Crippen LogP contribution in [0.25, 0.3) is 0 Å². The number of hydrogen-bond acceptors (Lipinski definition) is 2. The summed E-state index contributed by atoms with van der Waals surface area (Å²) in [5.41, 5.74) is 1.64. The van der Waals surface area contributed by atoms with Crippen LogP contribution >= 0.6 is 0 Å². The van der Waals surface area contributed by atoms with Crippen molar-refractivity contribution in [1.29, 1.82) is 0 Å². The second-order valence-corrected chi connectivity index (χ2v) is 8.07. The van der Waals surface area contributed by atoms with E-state index in [1.165, 1.54) is 25.0 Å². The molecule has 152 valence electrons. The van der Waals surface area contributed by atoms with Gasteiger partial charge in [0.15, 0.2) is 0 Å². The van der Waals surface area contributed by atoms with E-state index in [4.69, 9.17) is 0 Å². The zero-order valence-electron chi connectivity index (χ0n) is 16.6. The Labute approximate surface area is 171 Å². The monoisotopic (exact) mass is 394 g/mol. The highest BCUT2D eigenvalue weighted by atomic mass is 19.1. The van der Waals surface area contributed by atoms with Crippen molar-refractivity contribution in [3.05, 3.63) is 71.5 Å². The first-order valence-corrected chi connectivity index (χ1v) is 10.5. The Balaban J connectivity index is 1.66. The van der Waals surface area contributed by atoms with Crippen molar-refractivity contribution >= 4 is 11.8 Å². The van der Waals surface area contributed by atoms with Gasteiger partial charge < -0.3 is 9.80 Å². The van der Waals surface area contributed by atoms with Crippen LogP contribution in [-0.4, -0.2) is 34.2 Å². The van der Waals surface area contributed by atoms with Gasteiger partial charge in [-0.3, -0.25) is 9.59 Å². The van der Waals surface area contributed by atoms with Crippen LogP contribution in [0.3, 0.4) is 0 Å². The third kappa shape index (κ3) is 4.34. The summed E-state index contributed by atoms with van der Waals surface area (Å²) >= 11 is 0. The second kappa shape index (κ2) is 8.76. The second-order valence-electron chi connectivity index (χ2n) is 8.07. The number of rotatable bonds is 4. The number of hydrogen-bond donors (Lipinski definition) is 0. The van der Waals surface area contributed by atoms with Crippen LogP contribution in [0.1, 0.15) is 55.7 Å². The fourth-order valence-electron chi connectivity index (χ4n) is 4.55. The topological polar surface area (TPSA) is 40.6 Å². The highest BCUT2D eigenvalue weighted by Crippen LogP contribution is 2.33. The normalized spacial score (nSPS) is 21.3. The predicted octanol–water partition coefficient (Wildman–Crippen LogP) is 4.46. The third-order valence-corrected chi connectivity index (χ3v) is 6.10. The molecule has 0 N–H and O–H groups in total. The SMILES string of the molecule is O=C1C(c2ccc(F)cc2)N(Cc2ccccc2)C(=O)CN1C1CCCCCC1. The molecule has 5 heteroatoms. The molecule has 0 radical (unpaired) electrons. The van der Waals surface area contributed by atoms with Gasteiger partial charge in [-0.25, -0.2) is 4.39 Å². The molecule has 1 heterocycles. The smallest absolute Gasteiger partial charge is 0.250 e. The number of halogens is 1. The summed E-state index contributed by atoms with van der Waals surface area (Å²) in [7, 11) is 0. The highest BCUT2D eigenvalue weighted by molar-refractivity contribution is 5.95. The van der Waals surface area contributed by atoms with Crippen molar-refractivity contribution < 1.29 is 14.0 Å². The molecule has 0 aromatic heterocycles. The minimum Gasteiger partial charge on any atom is -0.328 e. The summed E-state index contributed by atoms with van der Waals surface area (Å²) in [5.74, 6) is -0.440. The molecule has 0 spiro atoms.